The summed E-state index contributed by atoms with van der Waals surface area (Å²) in [5.74, 6) is -5.36. The van der Waals surface area contributed by atoms with Crippen molar-refractivity contribution in [1.82, 2.24) is 0 Å². The van der Waals surface area contributed by atoms with Crippen LogP contribution in [0.3, 0.4) is 0 Å². The van der Waals surface area contributed by atoms with Crippen LogP contribution in [0.1, 0.15) is 107 Å². The van der Waals surface area contributed by atoms with Crippen molar-refractivity contribution in [2.75, 3.05) is 0 Å². The summed E-state index contributed by atoms with van der Waals surface area (Å²) in [5.41, 5.74) is -5.14. The van der Waals surface area contributed by atoms with Gasteiger partial charge in [0.15, 0.2) is 24.8 Å². The molecule has 0 aromatic carbocycles. The predicted octanol–water partition coefficient (Wildman–Crippen LogP) is -0.706. The van der Waals surface area contributed by atoms with Crippen LogP contribution in [0.4, 0.5) is 0 Å². The Morgan fingerprint density at radius 3 is 1.83 bits per heavy atom. The fourth-order valence-corrected chi connectivity index (χ4v) is 15.1. The Hall–Kier alpha value is -2.45. The highest BCUT2D eigenvalue weighted by atomic mass is 16.8. The summed E-state index contributed by atoms with van der Waals surface area (Å²) in [6, 6.07) is 0. The number of allylic oxidation sites excluding steroid dienone is 2. The molecule has 8 aliphatic rings. The molecular formula is C48H74O21. The van der Waals surface area contributed by atoms with Gasteiger partial charge in [0.1, 0.15) is 60.4 Å². The summed E-state index contributed by atoms with van der Waals surface area (Å²) < 4.78 is 35.2. The van der Waals surface area contributed by atoms with Gasteiger partial charge in [-0.1, -0.05) is 46.3 Å². The van der Waals surface area contributed by atoms with E-state index in [1.807, 2.05) is 6.92 Å². The van der Waals surface area contributed by atoms with Crippen LogP contribution in [0.15, 0.2) is 11.6 Å². The third-order valence-electron chi connectivity index (χ3n) is 19.3. The molecular weight excluding hydrogens is 913 g/mol. The van der Waals surface area contributed by atoms with Crippen LogP contribution in [-0.4, -0.2) is 190 Å². The molecule has 0 radical (unpaired) electrons. The van der Waals surface area contributed by atoms with E-state index < -0.39 is 167 Å². The van der Waals surface area contributed by atoms with Gasteiger partial charge in [-0.3, -0.25) is 9.59 Å². The van der Waals surface area contributed by atoms with Crippen molar-refractivity contribution in [2.45, 2.75) is 217 Å². The Morgan fingerprint density at radius 1 is 0.638 bits per heavy atom. The SMILES string of the molecule is C[C@@H]1O[C@@H](O[C@H]2[C@@H](OC(=O)[C@]34CCC(C)(C)C[C@H]3C3=CC[C@@H]5[C@@]6(C)C[C@H](O)[C@H](O[C@@H]7O[C@H](C(=O)O)[C@@H](O)[C@H](O)[C@H]7O)[C@@](C)(C(=O)O)[C@@H]6CC[C@@]5(C)[C@]3(C)C[C@H]4O)O[C@@H](C)[C@H](O)[C@H]2O)[C@H](O)[C@H](O)[C@H]1O. The largest absolute Gasteiger partial charge is 0.481 e. The standard InChI is InChI=1S/C48H74O21/c1-18-26(51)28(53)32(57)38(64-18)67-35-30(55)27(52)19(2)65-40(35)69-42(63)48-14-13-43(3,4)15-21(48)20-9-10-23-44(5)16-22(49)36(68-39-33(58)29(54)31(56)34(66-39)37(59)60)47(8,41(61)62)24(44)11-12-45(23,6)46(20,7)17-25(48)50/h9,18-19,21-36,38-40,49-58H,10-17H2,1-8H3,(H,59,60)(H,61,62)/t18-,19-,21-,22-,23+,24+,25+,26-,27-,28+,29-,30+,31-,32+,33+,34-,35+,36-,38-,39-,40+,44+,45+,46+,47-,48+/m0/s1. The molecule has 0 aromatic rings. The van der Waals surface area contributed by atoms with Gasteiger partial charge in [0.25, 0.3) is 0 Å². The lowest BCUT2D eigenvalue weighted by molar-refractivity contribution is -0.358. The van der Waals surface area contributed by atoms with Crippen molar-refractivity contribution in [1.29, 1.82) is 0 Å². The molecule has 5 aliphatic carbocycles. The first-order chi connectivity index (χ1) is 31.9. The second kappa shape index (κ2) is 17.9. The third-order valence-corrected chi connectivity index (χ3v) is 19.3. The molecule has 21 heteroatoms. The second-order valence-corrected chi connectivity index (χ2v) is 23.5. The highest BCUT2D eigenvalue weighted by Crippen LogP contribution is 2.76. The number of rotatable bonds is 8. The van der Waals surface area contributed by atoms with Crippen LogP contribution in [0.25, 0.3) is 0 Å². The molecule has 3 heterocycles. The van der Waals surface area contributed by atoms with Gasteiger partial charge in [-0.25, -0.2) is 4.79 Å². The summed E-state index contributed by atoms with van der Waals surface area (Å²) in [5, 5.41) is 131. The Morgan fingerprint density at radius 2 is 1.22 bits per heavy atom. The maximum atomic E-state index is 15.2. The van der Waals surface area contributed by atoms with Crippen molar-refractivity contribution in [2.24, 2.45) is 50.2 Å². The van der Waals surface area contributed by atoms with Crippen LogP contribution < -0.4 is 0 Å². The number of ether oxygens (including phenoxy) is 6. The summed E-state index contributed by atoms with van der Waals surface area (Å²) in [4.78, 5) is 40.8. The average Bonchev–Trinajstić information content (AvgIpc) is 3.26. The number of carboxylic acid groups (broad SMARTS) is 2. The zero-order valence-electron chi connectivity index (χ0n) is 40.4. The molecule has 4 saturated carbocycles. The van der Waals surface area contributed by atoms with Crippen molar-refractivity contribution in [3.63, 3.8) is 0 Å². The van der Waals surface area contributed by atoms with Gasteiger partial charge in [-0.05, 0) is 112 Å². The lowest BCUT2D eigenvalue weighted by Crippen LogP contribution is -2.71. The van der Waals surface area contributed by atoms with E-state index in [-0.39, 0.29) is 30.6 Å². The van der Waals surface area contributed by atoms with E-state index >= 15 is 4.79 Å². The van der Waals surface area contributed by atoms with E-state index in [9.17, 15) is 70.9 Å². The lowest BCUT2D eigenvalue weighted by atomic mass is 9.33. The molecule has 12 N–H and O–H groups in total. The monoisotopic (exact) mass is 986 g/mol. The van der Waals surface area contributed by atoms with Gasteiger partial charge in [0.05, 0.1) is 29.8 Å². The van der Waals surface area contributed by atoms with Crippen LogP contribution in [0.2, 0.25) is 0 Å². The summed E-state index contributed by atoms with van der Waals surface area (Å²) in [6.07, 6.45) is -25.1. The molecule has 0 spiro atoms. The minimum Gasteiger partial charge on any atom is -0.481 e. The zero-order chi connectivity index (χ0) is 51.0. The number of carbonyl (C=O) groups is 3. The first-order valence-electron chi connectivity index (χ1n) is 24.4. The molecule has 8 rings (SSSR count). The lowest BCUT2D eigenvalue weighted by Gasteiger charge is -2.71. The van der Waals surface area contributed by atoms with E-state index in [0.717, 1.165) is 5.57 Å². The first kappa shape index (κ1) is 52.9. The van der Waals surface area contributed by atoms with Crippen molar-refractivity contribution >= 4 is 17.9 Å². The topological polar surface area (TPSA) is 349 Å². The van der Waals surface area contributed by atoms with E-state index in [1.165, 1.54) is 20.8 Å². The summed E-state index contributed by atoms with van der Waals surface area (Å²) >= 11 is 0. The second-order valence-electron chi connectivity index (χ2n) is 23.5. The molecule has 0 amide bonds. The van der Waals surface area contributed by atoms with E-state index in [0.29, 0.717) is 32.1 Å². The minimum atomic E-state index is -2.02. The van der Waals surface area contributed by atoms with Crippen LogP contribution >= 0.6 is 0 Å². The van der Waals surface area contributed by atoms with E-state index in [1.54, 1.807) is 0 Å². The smallest absolute Gasteiger partial charge is 0.335 e. The van der Waals surface area contributed by atoms with E-state index in [4.69, 9.17) is 28.4 Å². The van der Waals surface area contributed by atoms with Gasteiger partial charge in [0.2, 0.25) is 6.29 Å². The number of aliphatic carboxylic acids is 2. The van der Waals surface area contributed by atoms with Crippen LogP contribution in [-0.2, 0) is 42.8 Å². The molecule has 3 saturated heterocycles. The van der Waals surface area contributed by atoms with Gasteiger partial charge in [0, 0.05) is 0 Å². The average molecular weight is 987 g/mol. The molecule has 392 valence electrons. The molecule has 3 aliphatic heterocycles. The number of carboxylic acids is 2. The quantitative estimate of drug-likeness (QED) is 0.0812. The van der Waals surface area contributed by atoms with Gasteiger partial charge in [-0.2, -0.15) is 0 Å². The number of aliphatic hydroxyl groups is 10. The van der Waals surface area contributed by atoms with Gasteiger partial charge in [-0.15, -0.1) is 0 Å². The van der Waals surface area contributed by atoms with Crippen molar-refractivity contribution in [3.05, 3.63) is 11.6 Å². The number of esters is 1. The van der Waals surface area contributed by atoms with Crippen LogP contribution in [0, 0.1) is 50.2 Å². The molecule has 0 unspecified atom stereocenters. The Bertz CT molecular complexity index is 2020. The first-order valence-corrected chi connectivity index (χ1v) is 24.4. The Labute approximate surface area is 400 Å². The summed E-state index contributed by atoms with van der Waals surface area (Å²) in [6.45, 7) is 14.7. The predicted molar refractivity (Wildman–Crippen MR) is 233 cm³/mol. The highest BCUT2D eigenvalue weighted by Gasteiger charge is 2.74. The van der Waals surface area contributed by atoms with Gasteiger partial charge >= 0.3 is 17.9 Å². The fraction of sp³-hybridized carbons (Fsp3) is 0.896. The van der Waals surface area contributed by atoms with Crippen LogP contribution in [0.5, 0.6) is 0 Å². The summed E-state index contributed by atoms with van der Waals surface area (Å²) in [7, 11) is 0. The fourth-order valence-electron chi connectivity index (χ4n) is 15.1. The number of hydrogen-bond acceptors (Lipinski definition) is 19. The highest BCUT2D eigenvalue weighted by molar-refractivity contribution is 5.80. The van der Waals surface area contributed by atoms with E-state index in [2.05, 4.69) is 33.8 Å². The van der Waals surface area contributed by atoms with Gasteiger partial charge < -0.3 is 89.7 Å². The normalized spacial score (nSPS) is 54.9. The van der Waals surface area contributed by atoms with Crippen molar-refractivity contribution in [3.8, 4) is 0 Å². The maximum absolute atomic E-state index is 15.2. The minimum absolute atomic E-state index is 0.0152. The molecule has 7 fully saturated rings. The molecule has 0 bridgehead atoms. The molecule has 21 nitrogen and oxygen atoms in total. The zero-order valence-corrected chi connectivity index (χ0v) is 40.4. The number of fused-ring (bicyclic) bond motifs is 7. The third kappa shape index (κ3) is 7.86. The Kier molecular flexibility index (Phi) is 13.7. The number of hydrogen-bond donors (Lipinski definition) is 12. The molecule has 0 aromatic heterocycles. The van der Waals surface area contributed by atoms with Crippen molar-refractivity contribution < 1.29 is 104 Å². The number of carbonyl (C=O) groups excluding carboxylic acids is 1. The Balaban J connectivity index is 1.11. The number of aliphatic hydroxyl groups excluding tert-OH is 10. The molecule has 26 atom stereocenters. The maximum Gasteiger partial charge on any atom is 0.335 e. The molecule has 69 heavy (non-hydrogen) atoms.